The van der Waals surface area contributed by atoms with Crippen LogP contribution in [0.2, 0.25) is 0 Å². The van der Waals surface area contributed by atoms with Crippen LogP contribution in [-0.4, -0.2) is 13.1 Å². The monoisotopic (exact) mass is 187 g/mol. The maximum Gasteiger partial charge on any atom is -0.00464 e. The van der Waals surface area contributed by atoms with Crippen molar-refractivity contribution in [2.24, 2.45) is 11.8 Å². The van der Waals surface area contributed by atoms with Gasteiger partial charge in [0.05, 0.1) is 0 Å². The molecule has 1 N–H and O–H groups in total. The van der Waals surface area contributed by atoms with Gasteiger partial charge >= 0.3 is 0 Å². The maximum atomic E-state index is 3.36. The smallest absolute Gasteiger partial charge is 0.00464 e. The lowest BCUT2D eigenvalue weighted by Gasteiger charge is -2.17. The molecule has 2 unspecified atom stereocenters. The molecule has 0 aliphatic carbocycles. The summed E-state index contributed by atoms with van der Waals surface area (Å²) >= 11 is 0. The van der Waals surface area contributed by atoms with Crippen LogP contribution in [-0.2, 0) is 0 Å². The summed E-state index contributed by atoms with van der Waals surface area (Å²) in [6, 6.07) is 0. The van der Waals surface area contributed by atoms with Gasteiger partial charge < -0.3 is 5.32 Å². The molecule has 0 heterocycles. The molecule has 0 aromatic rings. The van der Waals surface area contributed by atoms with E-state index in [0.717, 1.165) is 18.4 Å². The summed E-state index contributed by atoms with van der Waals surface area (Å²) in [5.41, 5.74) is 0. The molecule has 0 amide bonds. The molecule has 2 atom stereocenters. The molecule has 0 aromatic carbocycles. The Bertz CT molecular complexity index is 81.2. The molecule has 0 radical (unpaired) electrons. The molecule has 0 saturated carbocycles. The van der Waals surface area contributed by atoms with E-state index in [1.807, 2.05) is 13.8 Å². The van der Waals surface area contributed by atoms with E-state index in [1.165, 1.54) is 19.4 Å². The van der Waals surface area contributed by atoms with E-state index in [4.69, 9.17) is 0 Å². The first-order valence-corrected chi connectivity index (χ1v) is 5.93. The number of hydrogen-bond acceptors (Lipinski definition) is 1. The van der Waals surface area contributed by atoms with Crippen molar-refractivity contribution < 1.29 is 0 Å². The van der Waals surface area contributed by atoms with Crippen LogP contribution >= 0.6 is 0 Å². The Morgan fingerprint density at radius 3 is 1.92 bits per heavy atom. The fraction of sp³-hybridized carbons (Fsp3) is 1.00. The topological polar surface area (TPSA) is 12.0 Å². The van der Waals surface area contributed by atoms with E-state index < -0.39 is 0 Å². The van der Waals surface area contributed by atoms with Crippen LogP contribution in [0, 0.1) is 11.8 Å². The van der Waals surface area contributed by atoms with E-state index in [0.29, 0.717) is 0 Å². The van der Waals surface area contributed by atoms with Crippen molar-refractivity contribution >= 4 is 0 Å². The zero-order valence-corrected chi connectivity index (χ0v) is 10.5. The summed E-state index contributed by atoms with van der Waals surface area (Å²) < 4.78 is 0. The summed E-state index contributed by atoms with van der Waals surface area (Å²) in [5.74, 6) is 1.76. The van der Waals surface area contributed by atoms with Crippen LogP contribution in [0.3, 0.4) is 0 Å². The Morgan fingerprint density at radius 1 is 1.00 bits per heavy atom. The van der Waals surface area contributed by atoms with Crippen LogP contribution in [0.25, 0.3) is 0 Å². The average molecular weight is 187 g/mol. The second-order valence-corrected chi connectivity index (χ2v) is 3.51. The third-order valence-electron chi connectivity index (χ3n) is 2.64. The first-order chi connectivity index (χ1) is 6.22. The fourth-order valence-electron chi connectivity index (χ4n) is 1.19. The standard InChI is InChI=1S/C10H23N.C2H6/c1-5-9(3)10(4)7-8-11-6-2;1-2/h9-11H,5-8H2,1-4H3;1-2H3. The van der Waals surface area contributed by atoms with E-state index in [1.54, 1.807) is 0 Å². The van der Waals surface area contributed by atoms with Crippen molar-refractivity contribution in [2.75, 3.05) is 13.1 Å². The van der Waals surface area contributed by atoms with Gasteiger partial charge in [-0.1, -0.05) is 48.0 Å². The molecular formula is C12H29N. The minimum atomic E-state index is 0.874. The second-order valence-electron chi connectivity index (χ2n) is 3.51. The fourth-order valence-corrected chi connectivity index (χ4v) is 1.19. The quantitative estimate of drug-likeness (QED) is 0.625. The van der Waals surface area contributed by atoms with E-state index in [-0.39, 0.29) is 0 Å². The molecule has 13 heavy (non-hydrogen) atoms. The molecule has 0 spiro atoms. The second kappa shape index (κ2) is 12.0. The highest BCUT2D eigenvalue weighted by Crippen LogP contribution is 2.16. The first kappa shape index (κ1) is 15.4. The van der Waals surface area contributed by atoms with Crippen LogP contribution in [0.1, 0.15) is 54.4 Å². The third kappa shape index (κ3) is 9.88. The zero-order chi connectivity index (χ0) is 10.7. The van der Waals surface area contributed by atoms with Gasteiger partial charge in [-0.25, -0.2) is 0 Å². The summed E-state index contributed by atoms with van der Waals surface area (Å²) in [4.78, 5) is 0. The largest absolute Gasteiger partial charge is 0.317 e. The van der Waals surface area contributed by atoms with Gasteiger partial charge in [0.15, 0.2) is 0 Å². The van der Waals surface area contributed by atoms with Crippen LogP contribution < -0.4 is 5.32 Å². The summed E-state index contributed by atoms with van der Waals surface area (Å²) in [5, 5.41) is 3.36. The summed E-state index contributed by atoms with van der Waals surface area (Å²) in [6.45, 7) is 15.4. The lowest BCUT2D eigenvalue weighted by molar-refractivity contribution is 0.350. The molecule has 0 saturated heterocycles. The lowest BCUT2D eigenvalue weighted by Crippen LogP contribution is -2.19. The molecule has 0 aliphatic heterocycles. The molecule has 0 aromatic heterocycles. The molecule has 0 aliphatic rings. The third-order valence-corrected chi connectivity index (χ3v) is 2.64. The number of rotatable bonds is 6. The van der Waals surface area contributed by atoms with Gasteiger partial charge in [-0.2, -0.15) is 0 Å². The van der Waals surface area contributed by atoms with Gasteiger partial charge in [-0.3, -0.25) is 0 Å². The van der Waals surface area contributed by atoms with Gasteiger partial charge in [-0.05, 0) is 31.3 Å². The Hall–Kier alpha value is -0.0400. The minimum absolute atomic E-state index is 0.874. The Kier molecular flexibility index (Phi) is 14.2. The van der Waals surface area contributed by atoms with Crippen LogP contribution in [0.4, 0.5) is 0 Å². The highest BCUT2D eigenvalue weighted by Gasteiger charge is 2.08. The predicted molar refractivity (Wildman–Crippen MR) is 63.1 cm³/mol. The van der Waals surface area contributed by atoms with Crippen molar-refractivity contribution in [1.29, 1.82) is 0 Å². The van der Waals surface area contributed by atoms with E-state index in [2.05, 4.69) is 33.0 Å². The molecule has 1 heteroatoms. The average Bonchev–Trinajstić information content (AvgIpc) is 2.20. The number of hydrogen-bond donors (Lipinski definition) is 1. The normalized spacial score (nSPS) is 14.3. The van der Waals surface area contributed by atoms with E-state index in [9.17, 15) is 0 Å². The molecule has 0 bridgehead atoms. The van der Waals surface area contributed by atoms with Gasteiger partial charge in [0.1, 0.15) is 0 Å². The molecule has 0 rings (SSSR count). The van der Waals surface area contributed by atoms with Gasteiger partial charge in [-0.15, -0.1) is 0 Å². The van der Waals surface area contributed by atoms with Gasteiger partial charge in [0.2, 0.25) is 0 Å². The Balaban J connectivity index is 0. The van der Waals surface area contributed by atoms with Crippen LogP contribution in [0.5, 0.6) is 0 Å². The van der Waals surface area contributed by atoms with Crippen molar-refractivity contribution in [3.05, 3.63) is 0 Å². The van der Waals surface area contributed by atoms with Gasteiger partial charge in [0, 0.05) is 0 Å². The molecule has 1 nitrogen and oxygen atoms in total. The Labute approximate surface area is 85.3 Å². The minimum Gasteiger partial charge on any atom is -0.317 e. The van der Waals surface area contributed by atoms with E-state index >= 15 is 0 Å². The first-order valence-electron chi connectivity index (χ1n) is 5.93. The summed E-state index contributed by atoms with van der Waals surface area (Å²) in [7, 11) is 0. The van der Waals surface area contributed by atoms with Crippen LogP contribution in [0.15, 0.2) is 0 Å². The highest BCUT2D eigenvalue weighted by atomic mass is 14.8. The van der Waals surface area contributed by atoms with Crippen molar-refractivity contribution in [3.63, 3.8) is 0 Å². The lowest BCUT2D eigenvalue weighted by atomic mass is 9.91. The highest BCUT2D eigenvalue weighted by molar-refractivity contribution is 4.61. The maximum absolute atomic E-state index is 3.36. The molecule has 82 valence electrons. The van der Waals surface area contributed by atoms with Crippen molar-refractivity contribution in [3.8, 4) is 0 Å². The van der Waals surface area contributed by atoms with Crippen molar-refractivity contribution in [1.82, 2.24) is 5.32 Å². The van der Waals surface area contributed by atoms with Crippen molar-refractivity contribution in [2.45, 2.75) is 54.4 Å². The zero-order valence-electron chi connectivity index (χ0n) is 10.5. The predicted octanol–water partition coefficient (Wildman–Crippen LogP) is 3.69. The Morgan fingerprint density at radius 2 is 1.54 bits per heavy atom. The van der Waals surface area contributed by atoms with Gasteiger partial charge in [0.25, 0.3) is 0 Å². The SMILES string of the molecule is CC.CCNCCC(C)C(C)CC. The summed E-state index contributed by atoms with van der Waals surface area (Å²) in [6.07, 6.45) is 2.64. The number of nitrogens with one attached hydrogen (secondary N) is 1. The molecule has 0 fully saturated rings. The molecular weight excluding hydrogens is 158 g/mol.